The maximum Gasteiger partial charge on any atom is 0.119 e. The Kier molecular flexibility index (Phi) is 3.06. The van der Waals surface area contributed by atoms with Crippen LogP contribution in [0.25, 0.3) is 0 Å². The molecule has 1 aromatic rings. The van der Waals surface area contributed by atoms with E-state index in [-0.39, 0.29) is 6.10 Å². The summed E-state index contributed by atoms with van der Waals surface area (Å²) in [5.41, 5.74) is 1.30. The summed E-state index contributed by atoms with van der Waals surface area (Å²) >= 11 is 0. The molecule has 3 rings (SSSR count). The summed E-state index contributed by atoms with van der Waals surface area (Å²) < 4.78 is 5.70. The number of aryl methyl sites for hydroxylation is 1. The third-order valence-corrected chi connectivity index (χ3v) is 3.65. The average Bonchev–Trinajstić information content (AvgIpc) is 3.20. The first-order valence-electron chi connectivity index (χ1n) is 6.75. The molecule has 1 atom stereocenters. The largest absolute Gasteiger partial charge is 0.490 e. The molecule has 92 valence electrons. The summed E-state index contributed by atoms with van der Waals surface area (Å²) in [4.78, 5) is 0. The van der Waals surface area contributed by atoms with Crippen LogP contribution in [0, 0.1) is 5.92 Å². The van der Waals surface area contributed by atoms with E-state index in [1.54, 1.807) is 0 Å². The molecule has 0 saturated heterocycles. The predicted octanol–water partition coefficient (Wildman–Crippen LogP) is 2.93. The Morgan fingerprint density at radius 2 is 1.82 bits per heavy atom. The van der Waals surface area contributed by atoms with E-state index in [0.717, 1.165) is 18.6 Å². The molecule has 1 N–H and O–H groups in total. The van der Waals surface area contributed by atoms with Crippen molar-refractivity contribution < 1.29 is 9.84 Å². The van der Waals surface area contributed by atoms with Crippen LogP contribution in [0.4, 0.5) is 0 Å². The third kappa shape index (κ3) is 3.22. The van der Waals surface area contributed by atoms with Gasteiger partial charge < -0.3 is 9.84 Å². The first-order chi connectivity index (χ1) is 8.31. The molecule has 2 aliphatic rings. The molecule has 0 aliphatic heterocycles. The second kappa shape index (κ2) is 4.69. The number of hydrogen-bond acceptors (Lipinski definition) is 2. The number of aliphatic hydroxyl groups excluding tert-OH is 1. The number of benzene rings is 1. The number of rotatable bonds is 6. The Labute approximate surface area is 103 Å². The summed E-state index contributed by atoms with van der Waals surface area (Å²) in [6.07, 6.45) is 7.10. The van der Waals surface area contributed by atoms with Crippen LogP contribution in [0.15, 0.2) is 24.3 Å². The molecular formula is C15H20O2. The zero-order chi connectivity index (χ0) is 11.7. The van der Waals surface area contributed by atoms with Crippen LogP contribution >= 0.6 is 0 Å². The fourth-order valence-electron chi connectivity index (χ4n) is 2.14. The Morgan fingerprint density at radius 1 is 1.12 bits per heavy atom. The molecule has 1 aromatic carbocycles. The molecule has 0 amide bonds. The van der Waals surface area contributed by atoms with Gasteiger partial charge in [-0.05, 0) is 62.1 Å². The highest BCUT2D eigenvalue weighted by Crippen LogP contribution is 2.34. The first kappa shape index (κ1) is 11.1. The molecule has 2 heteroatoms. The minimum absolute atomic E-state index is 0.0857. The van der Waals surface area contributed by atoms with Gasteiger partial charge in [-0.2, -0.15) is 0 Å². The molecule has 2 aliphatic carbocycles. The fourth-order valence-corrected chi connectivity index (χ4v) is 2.14. The van der Waals surface area contributed by atoms with Gasteiger partial charge in [0, 0.05) is 0 Å². The summed E-state index contributed by atoms with van der Waals surface area (Å²) in [5.74, 6) is 1.58. The summed E-state index contributed by atoms with van der Waals surface area (Å²) in [7, 11) is 0. The van der Waals surface area contributed by atoms with E-state index < -0.39 is 0 Å². The number of aliphatic hydroxyl groups is 1. The van der Waals surface area contributed by atoms with Crippen LogP contribution in [0.3, 0.4) is 0 Å². The monoisotopic (exact) mass is 232 g/mol. The number of ether oxygens (including phenoxy) is 1. The van der Waals surface area contributed by atoms with Gasteiger partial charge in [-0.15, -0.1) is 0 Å². The molecular weight excluding hydrogens is 212 g/mol. The zero-order valence-corrected chi connectivity index (χ0v) is 10.1. The van der Waals surface area contributed by atoms with Gasteiger partial charge >= 0.3 is 0 Å². The average molecular weight is 232 g/mol. The van der Waals surface area contributed by atoms with Crippen LogP contribution < -0.4 is 4.74 Å². The van der Waals surface area contributed by atoms with Gasteiger partial charge in [0.05, 0.1) is 12.2 Å². The Balaban J connectivity index is 1.48. The van der Waals surface area contributed by atoms with E-state index in [1.807, 2.05) is 0 Å². The lowest BCUT2D eigenvalue weighted by atomic mass is 10.0. The van der Waals surface area contributed by atoms with Crippen molar-refractivity contribution in [2.45, 2.75) is 50.7 Å². The topological polar surface area (TPSA) is 29.5 Å². The van der Waals surface area contributed by atoms with Crippen LogP contribution in [-0.4, -0.2) is 17.3 Å². The maximum atomic E-state index is 9.81. The smallest absolute Gasteiger partial charge is 0.119 e. The van der Waals surface area contributed by atoms with Crippen molar-refractivity contribution in [3.8, 4) is 5.75 Å². The van der Waals surface area contributed by atoms with Gasteiger partial charge in [0.2, 0.25) is 0 Å². The Bertz CT molecular complexity index is 363. The second-order valence-corrected chi connectivity index (χ2v) is 5.40. The first-order valence-corrected chi connectivity index (χ1v) is 6.75. The maximum absolute atomic E-state index is 9.81. The SMILES string of the molecule is OC(CCc1ccc(OC2CC2)cc1)C1CC1. The molecule has 2 saturated carbocycles. The molecule has 0 aromatic heterocycles. The zero-order valence-electron chi connectivity index (χ0n) is 10.1. The lowest BCUT2D eigenvalue weighted by Gasteiger charge is -2.09. The quantitative estimate of drug-likeness (QED) is 0.817. The van der Waals surface area contributed by atoms with Crippen molar-refractivity contribution in [3.05, 3.63) is 29.8 Å². The van der Waals surface area contributed by atoms with Crippen LogP contribution in [0.1, 0.15) is 37.7 Å². The van der Waals surface area contributed by atoms with Gasteiger partial charge in [-0.25, -0.2) is 0 Å². The normalized spacial score (nSPS) is 21.2. The van der Waals surface area contributed by atoms with E-state index in [1.165, 1.54) is 31.2 Å². The van der Waals surface area contributed by atoms with E-state index in [9.17, 15) is 5.11 Å². The van der Waals surface area contributed by atoms with Crippen molar-refractivity contribution in [2.24, 2.45) is 5.92 Å². The molecule has 0 bridgehead atoms. The predicted molar refractivity (Wildman–Crippen MR) is 67.1 cm³/mol. The van der Waals surface area contributed by atoms with Crippen molar-refractivity contribution >= 4 is 0 Å². The van der Waals surface area contributed by atoms with Crippen LogP contribution in [-0.2, 0) is 6.42 Å². The third-order valence-electron chi connectivity index (χ3n) is 3.65. The van der Waals surface area contributed by atoms with E-state index in [0.29, 0.717) is 12.0 Å². The second-order valence-electron chi connectivity index (χ2n) is 5.40. The van der Waals surface area contributed by atoms with Crippen LogP contribution in [0.5, 0.6) is 5.75 Å². The molecule has 0 heterocycles. The van der Waals surface area contributed by atoms with Gasteiger partial charge in [0.1, 0.15) is 5.75 Å². The van der Waals surface area contributed by atoms with Crippen molar-refractivity contribution in [2.75, 3.05) is 0 Å². The molecule has 2 fully saturated rings. The highest BCUT2D eigenvalue weighted by atomic mass is 16.5. The van der Waals surface area contributed by atoms with Gasteiger partial charge in [-0.3, -0.25) is 0 Å². The van der Waals surface area contributed by atoms with Crippen LogP contribution in [0.2, 0.25) is 0 Å². The van der Waals surface area contributed by atoms with Gasteiger partial charge in [-0.1, -0.05) is 12.1 Å². The minimum atomic E-state index is -0.0857. The summed E-state index contributed by atoms with van der Waals surface area (Å²) in [6, 6.07) is 8.35. The van der Waals surface area contributed by atoms with E-state index in [4.69, 9.17) is 4.74 Å². The standard InChI is InChI=1S/C15H20O2/c16-15(12-4-5-12)10-3-11-1-6-13(7-2-11)17-14-8-9-14/h1-2,6-7,12,14-16H,3-5,8-10H2. The molecule has 0 radical (unpaired) electrons. The van der Waals surface area contributed by atoms with Gasteiger partial charge in [0.15, 0.2) is 0 Å². The minimum Gasteiger partial charge on any atom is -0.490 e. The summed E-state index contributed by atoms with van der Waals surface area (Å²) in [6.45, 7) is 0. The van der Waals surface area contributed by atoms with E-state index in [2.05, 4.69) is 24.3 Å². The number of hydrogen-bond donors (Lipinski definition) is 1. The molecule has 1 unspecified atom stereocenters. The van der Waals surface area contributed by atoms with E-state index >= 15 is 0 Å². The van der Waals surface area contributed by atoms with Crippen molar-refractivity contribution in [3.63, 3.8) is 0 Å². The Hall–Kier alpha value is -1.02. The molecule has 0 spiro atoms. The summed E-state index contributed by atoms with van der Waals surface area (Å²) in [5, 5.41) is 9.81. The van der Waals surface area contributed by atoms with Gasteiger partial charge in [0.25, 0.3) is 0 Å². The highest BCUT2D eigenvalue weighted by molar-refractivity contribution is 5.28. The van der Waals surface area contributed by atoms with Crippen molar-refractivity contribution in [1.82, 2.24) is 0 Å². The molecule has 17 heavy (non-hydrogen) atoms. The fraction of sp³-hybridized carbons (Fsp3) is 0.600. The Morgan fingerprint density at radius 3 is 2.41 bits per heavy atom. The lowest BCUT2D eigenvalue weighted by Crippen LogP contribution is -2.10. The molecule has 2 nitrogen and oxygen atoms in total. The van der Waals surface area contributed by atoms with Crippen molar-refractivity contribution in [1.29, 1.82) is 0 Å². The highest BCUT2D eigenvalue weighted by Gasteiger charge is 2.29. The lowest BCUT2D eigenvalue weighted by molar-refractivity contribution is 0.142.